The summed E-state index contributed by atoms with van der Waals surface area (Å²) in [5.74, 6) is 2.36. The van der Waals surface area contributed by atoms with E-state index in [0.717, 1.165) is 19.3 Å². The molecule has 5 rings (SSSR count). The lowest BCUT2D eigenvalue weighted by molar-refractivity contribution is -0.170. The Balaban J connectivity index is 1.43. The first-order chi connectivity index (χ1) is 13.1. The number of carbonyl (C=O) groups excluding carboxylic acids is 1. The van der Waals surface area contributed by atoms with Crippen molar-refractivity contribution in [2.45, 2.75) is 97.1 Å². The van der Waals surface area contributed by atoms with Gasteiger partial charge < -0.3 is 14.6 Å². The van der Waals surface area contributed by atoms with Crippen molar-refractivity contribution in [3.8, 4) is 0 Å². The van der Waals surface area contributed by atoms with Crippen molar-refractivity contribution in [3.05, 3.63) is 0 Å². The molecule has 28 heavy (non-hydrogen) atoms. The highest BCUT2D eigenvalue weighted by molar-refractivity contribution is 5.84. The third-order valence-corrected chi connectivity index (χ3v) is 9.87. The molecule has 1 saturated heterocycles. The largest absolute Gasteiger partial charge is 0.393 e. The summed E-state index contributed by atoms with van der Waals surface area (Å²) in [6, 6.07) is 0. The predicted octanol–water partition coefficient (Wildman–Crippen LogP) is 4.34. The summed E-state index contributed by atoms with van der Waals surface area (Å²) in [5.41, 5.74) is 0.164. The Morgan fingerprint density at radius 2 is 1.71 bits per heavy atom. The molecule has 4 saturated carbocycles. The van der Waals surface area contributed by atoms with Crippen molar-refractivity contribution in [3.63, 3.8) is 0 Å². The molecular formula is C24H38O4. The fraction of sp³-hybridized carbons (Fsp3) is 0.958. The first-order valence-corrected chi connectivity index (χ1v) is 11.7. The highest BCUT2D eigenvalue weighted by Gasteiger charge is 2.64. The van der Waals surface area contributed by atoms with Crippen LogP contribution in [0, 0.1) is 40.4 Å². The molecular weight excluding hydrogens is 352 g/mol. The van der Waals surface area contributed by atoms with Crippen molar-refractivity contribution in [2.24, 2.45) is 40.4 Å². The number of fused-ring (bicyclic) bond motifs is 5. The molecule has 4 nitrogen and oxygen atoms in total. The molecule has 5 aliphatic rings. The number of hydrogen-bond donors (Lipinski definition) is 1. The number of ether oxygens (including phenoxy) is 2. The van der Waals surface area contributed by atoms with E-state index in [1.54, 1.807) is 0 Å². The molecule has 1 heterocycles. The highest BCUT2D eigenvalue weighted by atomic mass is 16.7. The maximum Gasteiger partial charge on any atom is 0.163 e. The maximum atomic E-state index is 13.7. The topological polar surface area (TPSA) is 55.8 Å². The third kappa shape index (κ3) is 2.70. The average molecular weight is 391 g/mol. The Bertz CT molecular complexity index is 659. The molecule has 0 aromatic heterocycles. The number of Topliss-reactive ketones (excluding diaryl/α,β-unsaturated/α-hetero) is 1. The van der Waals surface area contributed by atoms with Crippen LogP contribution in [0.1, 0.15) is 79.1 Å². The van der Waals surface area contributed by atoms with Crippen LogP contribution in [0.5, 0.6) is 0 Å². The predicted molar refractivity (Wildman–Crippen MR) is 107 cm³/mol. The SMILES string of the molecule is CC1(C)OC[C@@H]([C@H]2CC[C@H]3[C@@H]4CC[C@H]5C[C@H](O)CC[C@]5(C)[C@H]4C(=O)C[C@]23C)O1. The van der Waals surface area contributed by atoms with Gasteiger partial charge in [-0.1, -0.05) is 13.8 Å². The summed E-state index contributed by atoms with van der Waals surface area (Å²) in [6.07, 6.45) is 8.25. The Hall–Kier alpha value is -0.450. The van der Waals surface area contributed by atoms with Gasteiger partial charge in [0.1, 0.15) is 5.78 Å². The molecule has 158 valence electrons. The smallest absolute Gasteiger partial charge is 0.163 e. The summed E-state index contributed by atoms with van der Waals surface area (Å²) in [6.45, 7) is 9.44. The molecule has 1 N–H and O–H groups in total. The fourth-order valence-electron chi connectivity index (χ4n) is 8.61. The Morgan fingerprint density at radius 3 is 2.43 bits per heavy atom. The van der Waals surface area contributed by atoms with Crippen LogP contribution < -0.4 is 0 Å². The molecule has 0 aromatic rings. The Kier molecular flexibility index (Phi) is 4.37. The van der Waals surface area contributed by atoms with Gasteiger partial charge in [-0.25, -0.2) is 0 Å². The van der Waals surface area contributed by atoms with Gasteiger partial charge in [-0.3, -0.25) is 4.79 Å². The second-order valence-corrected chi connectivity index (χ2v) is 11.7. The molecule has 0 bridgehead atoms. The molecule has 0 unspecified atom stereocenters. The van der Waals surface area contributed by atoms with Gasteiger partial charge in [0.15, 0.2) is 5.79 Å². The van der Waals surface area contributed by atoms with Gasteiger partial charge in [0, 0.05) is 12.3 Å². The Labute approximate surface area is 169 Å². The van der Waals surface area contributed by atoms with E-state index >= 15 is 0 Å². The number of rotatable bonds is 1. The van der Waals surface area contributed by atoms with E-state index in [2.05, 4.69) is 13.8 Å². The quantitative estimate of drug-likeness (QED) is 0.724. The lowest BCUT2D eigenvalue weighted by atomic mass is 9.44. The summed E-state index contributed by atoms with van der Waals surface area (Å²) < 4.78 is 12.2. The van der Waals surface area contributed by atoms with Crippen LogP contribution in [-0.4, -0.2) is 35.5 Å². The van der Waals surface area contributed by atoms with Crippen LogP contribution in [-0.2, 0) is 14.3 Å². The van der Waals surface area contributed by atoms with Gasteiger partial charge in [0.25, 0.3) is 0 Å². The van der Waals surface area contributed by atoms with Gasteiger partial charge in [0.05, 0.1) is 18.8 Å². The zero-order chi connectivity index (χ0) is 19.9. The lowest BCUT2D eigenvalue weighted by Crippen LogP contribution is -2.58. The normalized spacial score (nSPS) is 55.5. The van der Waals surface area contributed by atoms with Crippen LogP contribution in [0.4, 0.5) is 0 Å². The van der Waals surface area contributed by atoms with Gasteiger partial charge in [-0.05, 0) is 93.3 Å². The minimum absolute atomic E-state index is 0.0596. The van der Waals surface area contributed by atoms with E-state index in [9.17, 15) is 9.90 Å². The van der Waals surface area contributed by atoms with E-state index in [-0.39, 0.29) is 29.0 Å². The highest BCUT2D eigenvalue weighted by Crippen LogP contribution is 2.67. The van der Waals surface area contributed by atoms with Crippen molar-refractivity contribution in [1.82, 2.24) is 0 Å². The first-order valence-electron chi connectivity index (χ1n) is 11.7. The summed E-state index contributed by atoms with van der Waals surface area (Å²) in [4.78, 5) is 13.7. The average Bonchev–Trinajstić information content (AvgIpc) is 3.13. The van der Waals surface area contributed by atoms with Crippen LogP contribution >= 0.6 is 0 Å². The number of aliphatic hydroxyl groups is 1. The molecule has 4 aliphatic carbocycles. The Morgan fingerprint density at radius 1 is 0.964 bits per heavy atom. The second kappa shape index (κ2) is 6.28. The number of carbonyl (C=O) groups is 1. The third-order valence-electron chi connectivity index (χ3n) is 9.87. The minimum atomic E-state index is -0.491. The molecule has 0 amide bonds. The maximum absolute atomic E-state index is 13.7. The molecule has 0 radical (unpaired) electrons. The lowest BCUT2D eigenvalue weighted by Gasteiger charge is -2.60. The van der Waals surface area contributed by atoms with Gasteiger partial charge in [0.2, 0.25) is 0 Å². The second-order valence-electron chi connectivity index (χ2n) is 11.7. The van der Waals surface area contributed by atoms with Crippen LogP contribution in [0.15, 0.2) is 0 Å². The fourth-order valence-corrected chi connectivity index (χ4v) is 8.61. The molecule has 5 fully saturated rings. The summed E-state index contributed by atoms with van der Waals surface area (Å²) in [7, 11) is 0. The summed E-state index contributed by atoms with van der Waals surface area (Å²) in [5, 5.41) is 10.2. The standard InChI is InChI=1S/C24H38O4/c1-22(2)27-13-20(28-22)18-8-7-17-16-6-5-14-11-15(25)9-10-23(14,3)21(16)19(26)12-24(17,18)4/h14-18,20-21,25H,5-13H2,1-4H3/t14-,15+,16-,17-,18+,20-,21+,23-,24-/m0/s1. The zero-order valence-electron chi connectivity index (χ0n) is 18.1. The van der Waals surface area contributed by atoms with E-state index < -0.39 is 5.79 Å². The molecule has 4 heteroatoms. The van der Waals surface area contributed by atoms with Gasteiger partial charge in [-0.2, -0.15) is 0 Å². The van der Waals surface area contributed by atoms with Crippen molar-refractivity contribution < 1.29 is 19.4 Å². The monoisotopic (exact) mass is 390 g/mol. The van der Waals surface area contributed by atoms with Crippen LogP contribution in [0.25, 0.3) is 0 Å². The van der Waals surface area contributed by atoms with Gasteiger partial charge >= 0.3 is 0 Å². The molecule has 9 atom stereocenters. The molecule has 1 aliphatic heterocycles. The summed E-state index contributed by atoms with van der Waals surface area (Å²) >= 11 is 0. The van der Waals surface area contributed by atoms with Crippen molar-refractivity contribution in [1.29, 1.82) is 0 Å². The molecule has 0 aromatic carbocycles. The van der Waals surface area contributed by atoms with E-state index in [0.29, 0.717) is 42.5 Å². The number of hydrogen-bond acceptors (Lipinski definition) is 4. The van der Waals surface area contributed by atoms with E-state index in [1.165, 1.54) is 25.7 Å². The van der Waals surface area contributed by atoms with Crippen molar-refractivity contribution >= 4 is 5.78 Å². The zero-order valence-corrected chi connectivity index (χ0v) is 18.1. The van der Waals surface area contributed by atoms with Crippen molar-refractivity contribution in [2.75, 3.05) is 6.61 Å². The first kappa shape index (κ1) is 19.5. The minimum Gasteiger partial charge on any atom is -0.393 e. The van der Waals surface area contributed by atoms with Gasteiger partial charge in [-0.15, -0.1) is 0 Å². The van der Waals surface area contributed by atoms with E-state index in [1.807, 2.05) is 13.8 Å². The molecule has 0 spiro atoms. The van der Waals surface area contributed by atoms with E-state index in [4.69, 9.17) is 9.47 Å². The van der Waals surface area contributed by atoms with Crippen LogP contribution in [0.2, 0.25) is 0 Å². The number of aliphatic hydroxyl groups excluding tert-OH is 1. The number of ketones is 1. The van der Waals surface area contributed by atoms with Crippen LogP contribution in [0.3, 0.4) is 0 Å².